The van der Waals surface area contributed by atoms with Gasteiger partial charge in [-0.2, -0.15) is 11.8 Å². The van der Waals surface area contributed by atoms with Crippen LogP contribution in [0.15, 0.2) is 12.1 Å². The largest absolute Gasteiger partial charge is 0.507 e. The van der Waals surface area contributed by atoms with Gasteiger partial charge in [0, 0.05) is 16.6 Å². The van der Waals surface area contributed by atoms with Crippen LogP contribution in [0.25, 0.3) is 0 Å². The van der Waals surface area contributed by atoms with Crippen molar-refractivity contribution < 1.29 is 14.3 Å². The third kappa shape index (κ3) is 3.73. The number of carbonyl (C=O) groups is 1. The quantitative estimate of drug-likeness (QED) is 0.821. The molecule has 1 unspecified atom stereocenters. The molecule has 1 atom stereocenters. The van der Waals surface area contributed by atoms with Crippen LogP contribution < -0.4 is 0 Å². The van der Waals surface area contributed by atoms with Gasteiger partial charge in [0.05, 0.1) is 5.56 Å². The first-order chi connectivity index (χ1) is 8.32. The molecule has 0 aromatic heterocycles. The lowest BCUT2D eigenvalue weighted by Gasteiger charge is -2.16. The lowest BCUT2D eigenvalue weighted by molar-refractivity contribution is 0.101. The highest BCUT2D eigenvalue weighted by molar-refractivity contribution is 7.99. The number of hydrogen-bond donors (Lipinski definition) is 1. The molecule has 0 fully saturated rings. The zero-order valence-electron chi connectivity index (χ0n) is 11.2. The first-order valence-electron chi connectivity index (χ1n) is 5.96. The van der Waals surface area contributed by atoms with Crippen molar-refractivity contribution in [1.29, 1.82) is 0 Å². The number of phenols is 1. The second-order valence-corrected chi connectivity index (χ2v) is 6.14. The molecule has 2 nitrogen and oxygen atoms in total. The van der Waals surface area contributed by atoms with Crippen molar-refractivity contribution in [2.45, 2.75) is 38.7 Å². The lowest BCUT2D eigenvalue weighted by Crippen LogP contribution is -2.06. The number of rotatable bonds is 5. The Hall–Kier alpha value is -1.03. The number of carbonyl (C=O) groups excluding carboxylic acids is 1. The number of ketones is 1. The van der Waals surface area contributed by atoms with Crippen LogP contribution >= 0.6 is 11.8 Å². The van der Waals surface area contributed by atoms with E-state index in [2.05, 4.69) is 20.8 Å². The SMILES string of the molecule is CC(=O)c1cc(F)cc(CSC(C)C(C)C)c1O. The van der Waals surface area contributed by atoms with Crippen molar-refractivity contribution in [3.8, 4) is 5.75 Å². The van der Waals surface area contributed by atoms with Gasteiger partial charge >= 0.3 is 0 Å². The van der Waals surface area contributed by atoms with Crippen LogP contribution in [-0.4, -0.2) is 16.1 Å². The molecule has 0 aliphatic rings. The molecule has 1 aromatic carbocycles. The topological polar surface area (TPSA) is 37.3 Å². The van der Waals surface area contributed by atoms with Gasteiger partial charge in [0.2, 0.25) is 0 Å². The number of benzene rings is 1. The number of thioether (sulfide) groups is 1. The molecule has 18 heavy (non-hydrogen) atoms. The maximum atomic E-state index is 13.4. The van der Waals surface area contributed by atoms with E-state index in [1.165, 1.54) is 13.0 Å². The van der Waals surface area contributed by atoms with Crippen LogP contribution in [0.3, 0.4) is 0 Å². The average Bonchev–Trinajstić information content (AvgIpc) is 2.28. The summed E-state index contributed by atoms with van der Waals surface area (Å²) in [6.07, 6.45) is 0. The first kappa shape index (κ1) is 15.0. The van der Waals surface area contributed by atoms with Gasteiger partial charge in [-0.3, -0.25) is 4.79 Å². The number of phenolic OH excluding ortho intramolecular Hbond substituents is 1. The minimum Gasteiger partial charge on any atom is -0.507 e. The Morgan fingerprint density at radius 3 is 2.50 bits per heavy atom. The zero-order valence-corrected chi connectivity index (χ0v) is 12.0. The highest BCUT2D eigenvalue weighted by Crippen LogP contribution is 2.31. The molecule has 0 spiro atoms. The number of Topliss-reactive ketones (excluding diaryl/α,β-unsaturated/α-hetero) is 1. The fourth-order valence-corrected chi connectivity index (χ4v) is 2.50. The second kappa shape index (κ2) is 6.23. The van der Waals surface area contributed by atoms with Gasteiger partial charge in [-0.05, 0) is 25.0 Å². The summed E-state index contributed by atoms with van der Waals surface area (Å²) in [6, 6.07) is 2.37. The average molecular weight is 270 g/mol. The molecular formula is C14H19FO2S. The van der Waals surface area contributed by atoms with E-state index in [1.807, 2.05) is 0 Å². The Balaban J connectivity index is 2.92. The van der Waals surface area contributed by atoms with Crippen LogP contribution in [0.5, 0.6) is 5.75 Å². The molecule has 0 heterocycles. The molecule has 0 saturated heterocycles. The number of hydrogen-bond acceptors (Lipinski definition) is 3. The Morgan fingerprint density at radius 2 is 2.00 bits per heavy atom. The highest BCUT2D eigenvalue weighted by Gasteiger charge is 2.15. The minimum atomic E-state index is -0.481. The van der Waals surface area contributed by atoms with Crippen LogP contribution in [0.2, 0.25) is 0 Å². The van der Waals surface area contributed by atoms with Gasteiger partial charge < -0.3 is 5.11 Å². The third-order valence-corrected chi connectivity index (χ3v) is 4.52. The Morgan fingerprint density at radius 1 is 1.39 bits per heavy atom. The zero-order chi connectivity index (χ0) is 13.9. The van der Waals surface area contributed by atoms with E-state index >= 15 is 0 Å². The van der Waals surface area contributed by atoms with Crippen molar-refractivity contribution in [2.24, 2.45) is 5.92 Å². The third-order valence-electron chi connectivity index (χ3n) is 2.97. The summed E-state index contributed by atoms with van der Waals surface area (Å²) in [4.78, 5) is 11.3. The molecule has 0 amide bonds. The van der Waals surface area contributed by atoms with Crippen molar-refractivity contribution in [1.82, 2.24) is 0 Å². The van der Waals surface area contributed by atoms with Crippen molar-refractivity contribution in [2.75, 3.05) is 0 Å². The van der Waals surface area contributed by atoms with Crippen LogP contribution in [-0.2, 0) is 5.75 Å². The summed E-state index contributed by atoms with van der Waals surface area (Å²) in [5, 5.41) is 10.3. The van der Waals surface area contributed by atoms with E-state index < -0.39 is 5.82 Å². The van der Waals surface area contributed by atoms with Gasteiger partial charge in [0.15, 0.2) is 5.78 Å². The number of halogens is 1. The summed E-state index contributed by atoms with van der Waals surface area (Å²) < 4.78 is 13.4. The van der Waals surface area contributed by atoms with E-state index in [1.54, 1.807) is 11.8 Å². The lowest BCUT2D eigenvalue weighted by atomic mass is 10.1. The van der Waals surface area contributed by atoms with Crippen molar-refractivity contribution in [3.63, 3.8) is 0 Å². The summed E-state index contributed by atoms with van der Waals surface area (Å²) >= 11 is 1.64. The van der Waals surface area contributed by atoms with E-state index in [0.717, 1.165) is 6.07 Å². The van der Waals surface area contributed by atoms with E-state index in [4.69, 9.17) is 0 Å². The van der Waals surface area contributed by atoms with Gasteiger partial charge in [0.1, 0.15) is 11.6 Å². The van der Waals surface area contributed by atoms with E-state index in [-0.39, 0.29) is 17.1 Å². The van der Waals surface area contributed by atoms with Gasteiger partial charge in [-0.15, -0.1) is 0 Å². The van der Waals surface area contributed by atoms with Crippen LogP contribution in [0, 0.1) is 11.7 Å². The Kier molecular flexibility index (Phi) is 5.20. The standard InChI is InChI=1S/C14H19FO2S/c1-8(2)10(4)18-7-11-5-12(15)6-13(9(3)16)14(11)17/h5-6,8,10,17H,7H2,1-4H3. The van der Waals surface area contributed by atoms with Crippen molar-refractivity contribution >= 4 is 17.5 Å². The summed E-state index contributed by atoms with van der Waals surface area (Å²) in [7, 11) is 0. The molecule has 0 saturated carbocycles. The molecule has 0 aliphatic heterocycles. The fourth-order valence-electron chi connectivity index (χ4n) is 1.45. The molecule has 100 valence electrons. The predicted octanol–water partition coefficient (Wildman–Crippen LogP) is 4.01. The minimum absolute atomic E-state index is 0.0581. The molecule has 0 bridgehead atoms. The molecule has 1 rings (SSSR count). The summed E-state index contributed by atoms with van der Waals surface area (Å²) in [5.74, 6) is 0.120. The second-order valence-electron chi connectivity index (χ2n) is 4.78. The van der Waals surface area contributed by atoms with E-state index in [9.17, 15) is 14.3 Å². The normalized spacial score (nSPS) is 12.8. The predicted molar refractivity (Wildman–Crippen MR) is 73.7 cm³/mol. The molecule has 0 aliphatic carbocycles. The van der Waals surface area contributed by atoms with Crippen molar-refractivity contribution in [3.05, 3.63) is 29.1 Å². The summed E-state index contributed by atoms with van der Waals surface area (Å²) in [6.45, 7) is 7.65. The Bertz CT molecular complexity index is 444. The molecule has 1 N–H and O–H groups in total. The van der Waals surface area contributed by atoms with Crippen LogP contribution in [0.1, 0.15) is 43.6 Å². The highest BCUT2D eigenvalue weighted by atomic mass is 32.2. The van der Waals surface area contributed by atoms with Gasteiger partial charge in [-0.1, -0.05) is 20.8 Å². The first-order valence-corrected chi connectivity index (χ1v) is 7.01. The van der Waals surface area contributed by atoms with Crippen LogP contribution in [0.4, 0.5) is 4.39 Å². The molecule has 1 aromatic rings. The molecular weight excluding hydrogens is 251 g/mol. The Labute approximate surface area is 112 Å². The smallest absolute Gasteiger partial charge is 0.163 e. The number of aromatic hydroxyl groups is 1. The molecule has 4 heteroatoms. The monoisotopic (exact) mass is 270 g/mol. The molecule has 0 radical (unpaired) electrons. The fraction of sp³-hybridized carbons (Fsp3) is 0.500. The maximum absolute atomic E-state index is 13.4. The summed E-state index contributed by atoms with van der Waals surface area (Å²) in [5.41, 5.74) is 0.542. The van der Waals surface area contributed by atoms with E-state index in [0.29, 0.717) is 22.5 Å². The van der Waals surface area contributed by atoms with Gasteiger partial charge in [0.25, 0.3) is 0 Å². The maximum Gasteiger partial charge on any atom is 0.163 e. The van der Waals surface area contributed by atoms with Gasteiger partial charge in [-0.25, -0.2) is 4.39 Å².